The van der Waals surface area contributed by atoms with Crippen molar-refractivity contribution < 1.29 is 0 Å². The fraction of sp³-hybridized carbons (Fsp3) is 0.647. The molecule has 1 fully saturated rings. The summed E-state index contributed by atoms with van der Waals surface area (Å²) in [7, 11) is 0. The molecule has 0 unspecified atom stereocenters. The van der Waals surface area contributed by atoms with Gasteiger partial charge in [-0.05, 0) is 48.9 Å². The van der Waals surface area contributed by atoms with Crippen molar-refractivity contribution in [2.45, 2.75) is 58.0 Å². The Bertz CT molecular complexity index is 371. The van der Waals surface area contributed by atoms with Gasteiger partial charge in [0.25, 0.3) is 0 Å². The first-order chi connectivity index (χ1) is 9.05. The predicted molar refractivity (Wildman–Crippen MR) is 82.5 cm³/mol. The van der Waals surface area contributed by atoms with E-state index in [2.05, 4.69) is 55.7 Å². The van der Waals surface area contributed by atoms with Gasteiger partial charge < -0.3 is 10.6 Å². The molecule has 0 atom stereocenters. The molecule has 1 aromatic rings. The maximum Gasteiger partial charge on any atom is 0.0205 e. The van der Waals surface area contributed by atoms with Crippen molar-refractivity contribution in [1.29, 1.82) is 0 Å². The first kappa shape index (κ1) is 14.5. The molecule has 1 aliphatic rings. The highest BCUT2D eigenvalue weighted by Gasteiger charge is 2.19. The monoisotopic (exact) mass is 260 g/mol. The average Bonchev–Trinajstić information content (AvgIpc) is 3.17. The Morgan fingerprint density at radius 1 is 1.05 bits per heavy atom. The normalized spacial score (nSPS) is 15.7. The Balaban J connectivity index is 1.62. The van der Waals surface area contributed by atoms with Crippen LogP contribution in [0.5, 0.6) is 0 Å². The zero-order chi connectivity index (χ0) is 13.7. The van der Waals surface area contributed by atoms with E-state index in [1.165, 1.54) is 30.4 Å². The molecule has 0 bridgehead atoms. The summed E-state index contributed by atoms with van der Waals surface area (Å²) < 4.78 is 0. The van der Waals surface area contributed by atoms with Gasteiger partial charge in [0, 0.05) is 12.6 Å². The third-order valence-corrected chi connectivity index (χ3v) is 3.69. The third kappa shape index (κ3) is 5.33. The van der Waals surface area contributed by atoms with Crippen LogP contribution >= 0.6 is 0 Å². The van der Waals surface area contributed by atoms with Crippen molar-refractivity contribution in [1.82, 2.24) is 10.6 Å². The minimum Gasteiger partial charge on any atom is -0.314 e. The molecule has 1 saturated carbocycles. The Kier molecular flexibility index (Phi) is 5.00. The van der Waals surface area contributed by atoms with Crippen LogP contribution in [0.1, 0.15) is 51.2 Å². The van der Waals surface area contributed by atoms with Gasteiger partial charge in [-0.3, -0.25) is 0 Å². The van der Waals surface area contributed by atoms with Crippen LogP contribution in [0.3, 0.4) is 0 Å². The summed E-state index contributed by atoms with van der Waals surface area (Å²) in [5.41, 5.74) is 3.04. The lowest BCUT2D eigenvalue weighted by atomic mass is 9.87. The lowest BCUT2D eigenvalue weighted by Crippen LogP contribution is -2.23. The van der Waals surface area contributed by atoms with Crippen LogP contribution in [-0.4, -0.2) is 19.1 Å². The molecule has 0 heterocycles. The molecular formula is C17H28N2. The highest BCUT2D eigenvalue weighted by molar-refractivity contribution is 5.27. The fourth-order valence-electron chi connectivity index (χ4n) is 2.16. The molecular weight excluding hydrogens is 232 g/mol. The Morgan fingerprint density at radius 3 is 2.32 bits per heavy atom. The van der Waals surface area contributed by atoms with Gasteiger partial charge in [0.05, 0.1) is 0 Å². The third-order valence-electron chi connectivity index (χ3n) is 3.69. The van der Waals surface area contributed by atoms with E-state index in [1.807, 2.05) is 0 Å². The van der Waals surface area contributed by atoms with Crippen molar-refractivity contribution in [3.8, 4) is 0 Å². The van der Waals surface area contributed by atoms with Crippen LogP contribution in [-0.2, 0) is 12.0 Å². The van der Waals surface area contributed by atoms with Gasteiger partial charge in [0.2, 0.25) is 0 Å². The van der Waals surface area contributed by atoms with E-state index in [0.29, 0.717) is 0 Å². The summed E-state index contributed by atoms with van der Waals surface area (Å²) in [5.74, 6) is 0. The smallest absolute Gasteiger partial charge is 0.0205 e. The fourth-order valence-corrected chi connectivity index (χ4v) is 2.16. The molecule has 2 nitrogen and oxygen atoms in total. The van der Waals surface area contributed by atoms with Crippen LogP contribution in [0.25, 0.3) is 0 Å². The second-order valence-corrected chi connectivity index (χ2v) is 6.71. The quantitative estimate of drug-likeness (QED) is 0.736. The summed E-state index contributed by atoms with van der Waals surface area (Å²) in [6, 6.07) is 9.84. The minimum absolute atomic E-state index is 0.250. The van der Waals surface area contributed by atoms with Crippen LogP contribution in [0.15, 0.2) is 24.3 Å². The SMILES string of the molecule is CC(C)(C)c1ccc(CNCCCNC2CC2)cc1. The Labute approximate surface area is 118 Å². The molecule has 19 heavy (non-hydrogen) atoms. The molecule has 2 rings (SSSR count). The van der Waals surface area contributed by atoms with Gasteiger partial charge in [0.1, 0.15) is 0 Å². The maximum absolute atomic E-state index is 3.54. The molecule has 0 spiro atoms. The van der Waals surface area contributed by atoms with E-state index in [1.54, 1.807) is 0 Å². The van der Waals surface area contributed by atoms with Crippen molar-refractivity contribution in [3.63, 3.8) is 0 Å². The molecule has 0 aromatic heterocycles. The molecule has 106 valence electrons. The minimum atomic E-state index is 0.250. The molecule has 1 aromatic carbocycles. The van der Waals surface area contributed by atoms with Crippen LogP contribution in [0.2, 0.25) is 0 Å². The van der Waals surface area contributed by atoms with E-state index >= 15 is 0 Å². The van der Waals surface area contributed by atoms with Gasteiger partial charge in [-0.15, -0.1) is 0 Å². The topological polar surface area (TPSA) is 24.1 Å². The summed E-state index contributed by atoms with van der Waals surface area (Å²) in [6.07, 6.45) is 3.98. The lowest BCUT2D eigenvalue weighted by Gasteiger charge is -2.19. The first-order valence-corrected chi connectivity index (χ1v) is 7.59. The maximum atomic E-state index is 3.54. The van der Waals surface area contributed by atoms with Crippen molar-refractivity contribution in [2.24, 2.45) is 0 Å². The lowest BCUT2D eigenvalue weighted by molar-refractivity contribution is 0.586. The summed E-state index contributed by atoms with van der Waals surface area (Å²) in [6.45, 7) is 10.0. The van der Waals surface area contributed by atoms with E-state index in [-0.39, 0.29) is 5.41 Å². The second-order valence-electron chi connectivity index (χ2n) is 6.71. The van der Waals surface area contributed by atoms with Gasteiger partial charge in [-0.2, -0.15) is 0 Å². The number of nitrogens with one attached hydrogen (secondary N) is 2. The van der Waals surface area contributed by atoms with E-state index in [4.69, 9.17) is 0 Å². The van der Waals surface area contributed by atoms with Crippen molar-refractivity contribution in [2.75, 3.05) is 13.1 Å². The van der Waals surface area contributed by atoms with E-state index in [0.717, 1.165) is 25.7 Å². The van der Waals surface area contributed by atoms with Crippen molar-refractivity contribution in [3.05, 3.63) is 35.4 Å². The number of benzene rings is 1. The number of hydrogen-bond donors (Lipinski definition) is 2. The molecule has 1 aliphatic carbocycles. The summed E-state index contributed by atoms with van der Waals surface area (Å²) >= 11 is 0. The number of rotatable bonds is 7. The van der Waals surface area contributed by atoms with Gasteiger partial charge in [-0.1, -0.05) is 45.0 Å². The molecule has 0 amide bonds. The summed E-state index contributed by atoms with van der Waals surface area (Å²) in [4.78, 5) is 0. The largest absolute Gasteiger partial charge is 0.314 e. The van der Waals surface area contributed by atoms with Crippen LogP contribution in [0, 0.1) is 0 Å². The predicted octanol–water partition coefficient (Wildman–Crippen LogP) is 3.22. The summed E-state index contributed by atoms with van der Waals surface area (Å²) in [5, 5.41) is 7.05. The van der Waals surface area contributed by atoms with E-state index < -0.39 is 0 Å². The molecule has 0 saturated heterocycles. The second kappa shape index (κ2) is 6.53. The molecule has 0 aliphatic heterocycles. The molecule has 2 heteroatoms. The van der Waals surface area contributed by atoms with Crippen LogP contribution < -0.4 is 10.6 Å². The first-order valence-electron chi connectivity index (χ1n) is 7.59. The zero-order valence-electron chi connectivity index (χ0n) is 12.6. The highest BCUT2D eigenvalue weighted by Crippen LogP contribution is 2.22. The van der Waals surface area contributed by atoms with Gasteiger partial charge in [-0.25, -0.2) is 0 Å². The molecule has 2 N–H and O–H groups in total. The van der Waals surface area contributed by atoms with Crippen LogP contribution in [0.4, 0.5) is 0 Å². The van der Waals surface area contributed by atoms with E-state index in [9.17, 15) is 0 Å². The Hall–Kier alpha value is -0.860. The Morgan fingerprint density at radius 2 is 1.74 bits per heavy atom. The van der Waals surface area contributed by atoms with Crippen molar-refractivity contribution >= 4 is 0 Å². The number of hydrogen-bond acceptors (Lipinski definition) is 2. The van der Waals surface area contributed by atoms with Gasteiger partial charge >= 0.3 is 0 Å². The average molecular weight is 260 g/mol. The van der Waals surface area contributed by atoms with Gasteiger partial charge in [0.15, 0.2) is 0 Å². The molecule has 0 radical (unpaired) electrons. The highest BCUT2D eigenvalue weighted by atomic mass is 14.9. The standard InChI is InChI=1S/C17H28N2/c1-17(2,3)15-7-5-14(6-8-15)13-18-11-4-12-19-16-9-10-16/h5-8,16,18-19H,4,9-13H2,1-3H3. The zero-order valence-corrected chi connectivity index (χ0v) is 12.6.